The summed E-state index contributed by atoms with van der Waals surface area (Å²) in [7, 11) is 0. The summed E-state index contributed by atoms with van der Waals surface area (Å²) in [6.45, 7) is 27.0. The van der Waals surface area contributed by atoms with E-state index < -0.39 is 11.6 Å². The molecule has 0 aromatic carbocycles. The predicted molar refractivity (Wildman–Crippen MR) is 304 cm³/mol. The van der Waals surface area contributed by atoms with Crippen LogP contribution in [0.25, 0.3) is 0 Å². The highest BCUT2D eigenvalue weighted by Gasteiger charge is 2.72. The normalized spacial score (nSPS) is 54.5. The van der Waals surface area contributed by atoms with E-state index in [1.54, 1.807) is 6.08 Å². The second kappa shape index (κ2) is 21.6. The number of aliphatic hydroxyl groups excluding tert-OH is 5. The van der Waals surface area contributed by atoms with Gasteiger partial charge in [-0.2, -0.15) is 0 Å². The molecule has 77 heavy (non-hydrogen) atoms. The zero-order valence-corrected chi connectivity index (χ0v) is 50.0. The Morgan fingerprint density at radius 1 is 0.442 bits per heavy atom. The standard InChI is InChI=1S/C22H36O3.C21H34O4.C21H34O2.C3H6.H2O/c1-14-6-8-20(2)15(12-14)4-5-16-17-7-9-22(24-10-11-25-22)21(17,3)19(23)13-18(16)20;1-19-7-5-14(22)11-13(19)3-4-15-16-6-8-21(24-9-10-25-21)20(16,2)18(23)12-17(15)19;1-4-13-6-8-17-16-7-5-14-11-15(22)9-10-20(14,2)18(16)12-19(23)21(13,17)3;1-3-2;/h14-19,23H,4-13H2,1-3H3;13-18,22-23H,3-12H2,1-2H3;4,14-19,22-23H,5-12H2,1-3H3;3H,1H2,2H3;1H2/p+1/b;;13-4+;;/t14-,15-,16?,17?,18?,19+,20+,21-;13-,14-,15?,16?,17?,18+,19+,20-;14-,15-,16?,17?,18?,19+,20+,21-;;/m111../s1. The lowest BCUT2D eigenvalue weighted by atomic mass is 9.44. The van der Waals surface area contributed by atoms with Crippen molar-refractivity contribution in [3.63, 3.8) is 0 Å². The highest BCUT2D eigenvalue weighted by Crippen LogP contribution is 2.72. The van der Waals surface area contributed by atoms with Gasteiger partial charge in [0.25, 0.3) is 0 Å². The van der Waals surface area contributed by atoms with Gasteiger partial charge in [0, 0.05) is 18.3 Å². The monoisotopic (exact) mass is 1080 g/mol. The summed E-state index contributed by atoms with van der Waals surface area (Å²) < 4.78 is 24.7. The molecular weight excluding hydrogens is 965 g/mol. The van der Waals surface area contributed by atoms with Crippen molar-refractivity contribution in [1.82, 2.24) is 0 Å². The maximum atomic E-state index is 11.4. The van der Waals surface area contributed by atoms with Gasteiger partial charge in [-0.3, -0.25) is 0 Å². The van der Waals surface area contributed by atoms with Gasteiger partial charge in [-0.25, -0.2) is 0 Å². The SMILES string of the molecule is C/C=C1\CCC2C3CC[C@@H]4C[C@H](O)CC[C@]4(C)C3C[C@H](O)[C@]12C.C=CC.C[C@@H]1CC[C@]2(C)C3C[C@H](O)[C@@]4(C)C(CCC45OCCO5)C3CC[C@@H]2C1.C[C@]12CC[C@@H](O)C[C@H]1CCC1C2C[C@H](O)[C@@]2(C)C1CCC21OCCO1.[OH3+]. The van der Waals surface area contributed by atoms with Crippen LogP contribution in [0.1, 0.15) is 216 Å². The molecule has 9 unspecified atom stereocenters. The maximum Gasteiger partial charge on any atom is 0.176 e. The van der Waals surface area contributed by atoms with Gasteiger partial charge >= 0.3 is 0 Å². The number of aliphatic hydroxyl groups is 5. The topological polar surface area (TPSA) is 171 Å². The van der Waals surface area contributed by atoms with Gasteiger partial charge in [0.1, 0.15) is 0 Å². The molecule has 2 heterocycles. The van der Waals surface area contributed by atoms with Crippen LogP contribution < -0.4 is 0 Å². The van der Waals surface area contributed by atoms with E-state index in [0.29, 0.717) is 90.5 Å². The molecule has 12 aliphatic carbocycles. The van der Waals surface area contributed by atoms with E-state index in [-0.39, 0.29) is 57.7 Å². The number of allylic oxidation sites excluding steroid dienone is 2. The maximum absolute atomic E-state index is 11.4. The Balaban J connectivity index is 0.000000127. The molecule has 440 valence electrons. The number of hydrogen-bond acceptors (Lipinski definition) is 9. The molecule has 0 aromatic heterocycles. The van der Waals surface area contributed by atoms with Crippen molar-refractivity contribution < 1.29 is 50.0 Å². The van der Waals surface area contributed by atoms with Crippen LogP contribution in [0.3, 0.4) is 0 Å². The average molecular weight is 1080 g/mol. The van der Waals surface area contributed by atoms with Crippen LogP contribution >= 0.6 is 0 Å². The summed E-state index contributed by atoms with van der Waals surface area (Å²) in [5.74, 6) is 7.95. The minimum atomic E-state index is -0.539. The molecule has 10 heteroatoms. The van der Waals surface area contributed by atoms with E-state index in [0.717, 1.165) is 101 Å². The van der Waals surface area contributed by atoms with Crippen LogP contribution in [0.15, 0.2) is 24.3 Å². The molecule has 14 aliphatic rings. The molecule has 24 atom stereocenters. The second-order valence-electron chi connectivity index (χ2n) is 30.5. The summed E-state index contributed by atoms with van der Waals surface area (Å²) >= 11 is 0. The third kappa shape index (κ3) is 8.83. The molecule has 0 amide bonds. The molecule has 10 nitrogen and oxygen atoms in total. The largest absolute Gasteiger partial charge is 0.457 e. The third-order valence-electron chi connectivity index (χ3n) is 28.3. The zero-order valence-electron chi connectivity index (χ0n) is 50.0. The molecule has 2 saturated heterocycles. The van der Waals surface area contributed by atoms with Crippen LogP contribution in [0.2, 0.25) is 0 Å². The van der Waals surface area contributed by atoms with Gasteiger partial charge in [0.2, 0.25) is 0 Å². The van der Waals surface area contributed by atoms with Crippen molar-refractivity contribution in [2.75, 3.05) is 26.4 Å². The number of rotatable bonds is 0. The van der Waals surface area contributed by atoms with E-state index in [4.69, 9.17) is 18.9 Å². The summed E-state index contributed by atoms with van der Waals surface area (Å²) in [5, 5.41) is 54.2. The van der Waals surface area contributed by atoms with E-state index >= 15 is 0 Å². The lowest BCUT2D eigenvalue weighted by Gasteiger charge is -2.62. The summed E-state index contributed by atoms with van der Waals surface area (Å²) in [5.41, 5.74) is 2.16. The van der Waals surface area contributed by atoms with Gasteiger partial charge in [-0.1, -0.05) is 72.6 Å². The van der Waals surface area contributed by atoms with Crippen molar-refractivity contribution >= 4 is 0 Å². The fourth-order valence-corrected chi connectivity index (χ4v) is 23.9. The quantitative estimate of drug-likeness (QED) is 0.117. The first-order valence-corrected chi connectivity index (χ1v) is 32.3. The molecule has 12 saturated carbocycles. The first-order valence-electron chi connectivity index (χ1n) is 32.3. The highest BCUT2D eigenvalue weighted by molar-refractivity contribution is 5.26. The summed E-state index contributed by atoms with van der Waals surface area (Å²) in [4.78, 5) is 0. The number of fused-ring (bicyclic) bond motifs is 17. The third-order valence-corrected chi connectivity index (χ3v) is 28.3. The van der Waals surface area contributed by atoms with Gasteiger partial charge in [0.15, 0.2) is 11.6 Å². The predicted octanol–water partition coefficient (Wildman–Crippen LogP) is 12.1. The molecule has 2 aliphatic heterocycles. The minimum absolute atomic E-state index is 0. The van der Waals surface area contributed by atoms with Crippen molar-refractivity contribution in [3.05, 3.63) is 24.3 Å². The fraction of sp³-hybridized carbons (Fsp3) is 0.940. The molecule has 14 fully saturated rings. The van der Waals surface area contributed by atoms with Crippen molar-refractivity contribution in [1.29, 1.82) is 0 Å². The molecule has 2 spiro atoms. The van der Waals surface area contributed by atoms with Crippen molar-refractivity contribution in [2.24, 2.45) is 109 Å². The van der Waals surface area contributed by atoms with Crippen molar-refractivity contribution in [2.45, 2.75) is 259 Å². The Kier molecular flexibility index (Phi) is 16.6. The molecule has 8 N–H and O–H groups in total. The van der Waals surface area contributed by atoms with Crippen LogP contribution in [-0.4, -0.2) is 94.1 Å². The number of ether oxygens (including phenoxy) is 4. The smallest absolute Gasteiger partial charge is 0.176 e. The first-order chi connectivity index (χ1) is 36.1. The molecular formula is C67H113O10+. The van der Waals surface area contributed by atoms with E-state index in [9.17, 15) is 25.5 Å². The zero-order chi connectivity index (χ0) is 54.0. The van der Waals surface area contributed by atoms with Crippen molar-refractivity contribution in [3.8, 4) is 0 Å². The van der Waals surface area contributed by atoms with Crippen LogP contribution in [0.4, 0.5) is 0 Å². The summed E-state index contributed by atoms with van der Waals surface area (Å²) in [6.07, 6.45) is 30.7. The Hall–Kier alpha value is -0.920. The van der Waals surface area contributed by atoms with Gasteiger partial charge < -0.3 is 50.0 Å². The Labute approximate surface area is 466 Å². The molecule has 14 rings (SSSR count). The summed E-state index contributed by atoms with van der Waals surface area (Å²) in [6, 6.07) is 0. The van der Waals surface area contributed by atoms with E-state index in [1.807, 2.05) is 6.92 Å². The minimum Gasteiger partial charge on any atom is -0.457 e. The second-order valence-corrected chi connectivity index (χ2v) is 30.5. The molecule has 0 aromatic rings. The lowest BCUT2D eigenvalue weighted by Crippen LogP contribution is -2.62. The van der Waals surface area contributed by atoms with Crippen LogP contribution in [0.5, 0.6) is 0 Å². The van der Waals surface area contributed by atoms with E-state index in [2.05, 4.69) is 68.0 Å². The van der Waals surface area contributed by atoms with Crippen LogP contribution in [-0.2, 0) is 24.4 Å². The Morgan fingerprint density at radius 3 is 1.23 bits per heavy atom. The van der Waals surface area contributed by atoms with Crippen LogP contribution in [0, 0.1) is 109 Å². The fourth-order valence-electron chi connectivity index (χ4n) is 23.9. The Morgan fingerprint density at radius 2 is 0.818 bits per heavy atom. The number of hydrogen-bond donors (Lipinski definition) is 5. The van der Waals surface area contributed by atoms with Gasteiger partial charge in [-0.05, 0) is 242 Å². The molecule has 0 radical (unpaired) electrons. The first kappa shape index (κ1) is 59.2. The Bertz CT molecular complexity index is 2010. The molecule has 0 bridgehead atoms. The van der Waals surface area contributed by atoms with Gasteiger partial charge in [0.05, 0.1) is 67.8 Å². The highest BCUT2D eigenvalue weighted by atomic mass is 16.7. The van der Waals surface area contributed by atoms with E-state index in [1.165, 1.54) is 82.6 Å². The lowest BCUT2D eigenvalue weighted by molar-refractivity contribution is -0.279. The van der Waals surface area contributed by atoms with Gasteiger partial charge in [-0.15, -0.1) is 6.58 Å². The average Bonchev–Trinajstić information content (AvgIpc) is 4.32.